The first-order valence-electron chi connectivity index (χ1n) is 6.75. The fourth-order valence-electron chi connectivity index (χ4n) is 2.42. The van der Waals surface area contributed by atoms with Gasteiger partial charge in [0.2, 0.25) is 0 Å². The summed E-state index contributed by atoms with van der Waals surface area (Å²) in [7, 11) is 0. The van der Waals surface area contributed by atoms with Gasteiger partial charge in [0.15, 0.2) is 0 Å². The van der Waals surface area contributed by atoms with Gasteiger partial charge in [-0.15, -0.1) is 0 Å². The summed E-state index contributed by atoms with van der Waals surface area (Å²) in [4.78, 5) is 17.3. The van der Waals surface area contributed by atoms with Gasteiger partial charge in [-0.25, -0.2) is 0 Å². The molecule has 0 bridgehead atoms. The molecule has 0 saturated heterocycles. The highest BCUT2D eigenvalue weighted by molar-refractivity contribution is 5.47. The first kappa shape index (κ1) is 14.4. The van der Waals surface area contributed by atoms with Crippen LogP contribution in [0, 0.1) is 35.3 Å². The Morgan fingerprint density at radius 2 is 2.25 bits per heavy atom. The summed E-state index contributed by atoms with van der Waals surface area (Å²) in [5.41, 5.74) is 2.13. The highest BCUT2D eigenvalue weighted by Gasteiger charge is 2.30. The number of hydrogen-bond acceptors (Lipinski definition) is 5. The van der Waals surface area contributed by atoms with Gasteiger partial charge in [0.25, 0.3) is 5.69 Å². The molecule has 6 heteroatoms. The summed E-state index contributed by atoms with van der Waals surface area (Å²) in [5.74, 6) is 0. The smallest absolute Gasteiger partial charge is 0.278 e. The number of pyridine rings is 1. The van der Waals surface area contributed by atoms with Crippen molar-refractivity contribution in [2.75, 3.05) is 6.54 Å². The molecule has 1 aliphatic rings. The van der Waals surface area contributed by atoms with Gasteiger partial charge >= 0.3 is 0 Å². The molecule has 0 radical (unpaired) electrons. The maximum absolute atomic E-state index is 11.1. The molecule has 0 aromatic carbocycles. The largest absolute Gasteiger partial charge is 0.294 e. The molecule has 0 aliphatic heterocycles. The SMILES string of the molecule is Cc1cnc(CN(CCC#N)C2CC2)c(C)c1[N+](=O)[O-]. The van der Waals surface area contributed by atoms with Crippen LogP contribution in [0.4, 0.5) is 5.69 Å². The van der Waals surface area contributed by atoms with Crippen molar-refractivity contribution in [3.8, 4) is 6.07 Å². The normalized spacial score (nSPS) is 14.3. The van der Waals surface area contributed by atoms with E-state index in [1.54, 1.807) is 20.0 Å². The maximum atomic E-state index is 11.1. The lowest BCUT2D eigenvalue weighted by molar-refractivity contribution is -0.386. The molecule has 20 heavy (non-hydrogen) atoms. The van der Waals surface area contributed by atoms with Crippen LogP contribution in [0.1, 0.15) is 36.1 Å². The third-order valence-electron chi connectivity index (χ3n) is 3.69. The second-order valence-corrected chi connectivity index (χ2v) is 5.23. The second-order valence-electron chi connectivity index (χ2n) is 5.23. The Kier molecular flexibility index (Phi) is 4.30. The molecule has 1 aromatic heterocycles. The summed E-state index contributed by atoms with van der Waals surface area (Å²) in [6.07, 6.45) is 4.32. The molecule has 0 N–H and O–H groups in total. The fourth-order valence-corrected chi connectivity index (χ4v) is 2.42. The van der Waals surface area contributed by atoms with Crippen molar-refractivity contribution in [2.24, 2.45) is 0 Å². The predicted octanol–water partition coefficient (Wildman–Crippen LogP) is 2.48. The van der Waals surface area contributed by atoms with Gasteiger partial charge in [-0.3, -0.25) is 20.0 Å². The molecule has 106 valence electrons. The zero-order chi connectivity index (χ0) is 14.7. The molecule has 1 aromatic rings. The van der Waals surface area contributed by atoms with Crippen molar-refractivity contribution >= 4 is 5.69 Å². The zero-order valence-electron chi connectivity index (χ0n) is 11.8. The van der Waals surface area contributed by atoms with E-state index in [9.17, 15) is 10.1 Å². The van der Waals surface area contributed by atoms with E-state index in [-0.39, 0.29) is 10.6 Å². The molecule has 0 atom stereocenters. The first-order valence-corrected chi connectivity index (χ1v) is 6.75. The van der Waals surface area contributed by atoms with Crippen LogP contribution < -0.4 is 0 Å². The molecule has 6 nitrogen and oxygen atoms in total. The molecular formula is C14H18N4O2. The Hall–Kier alpha value is -2.00. The third-order valence-corrected chi connectivity index (χ3v) is 3.69. The van der Waals surface area contributed by atoms with E-state index in [4.69, 9.17) is 5.26 Å². The van der Waals surface area contributed by atoms with Crippen LogP contribution in [0.3, 0.4) is 0 Å². The summed E-state index contributed by atoms with van der Waals surface area (Å²) < 4.78 is 0. The van der Waals surface area contributed by atoms with Crippen LogP contribution in [0.5, 0.6) is 0 Å². The quantitative estimate of drug-likeness (QED) is 0.588. The number of hydrogen-bond donors (Lipinski definition) is 0. The van der Waals surface area contributed by atoms with E-state index >= 15 is 0 Å². The number of rotatable bonds is 6. The lowest BCUT2D eigenvalue weighted by atomic mass is 10.1. The van der Waals surface area contributed by atoms with Crippen molar-refractivity contribution in [2.45, 2.75) is 45.7 Å². The summed E-state index contributed by atoms with van der Waals surface area (Å²) in [6, 6.07) is 2.65. The van der Waals surface area contributed by atoms with Crippen LogP contribution in [-0.4, -0.2) is 27.4 Å². The van der Waals surface area contributed by atoms with Crippen molar-refractivity contribution in [3.63, 3.8) is 0 Å². The predicted molar refractivity (Wildman–Crippen MR) is 74.0 cm³/mol. The van der Waals surface area contributed by atoms with Crippen LogP contribution in [0.15, 0.2) is 6.20 Å². The summed E-state index contributed by atoms with van der Waals surface area (Å²) in [6.45, 7) is 4.74. The van der Waals surface area contributed by atoms with Gasteiger partial charge in [0, 0.05) is 42.9 Å². The Balaban J connectivity index is 2.22. The third kappa shape index (κ3) is 3.11. The van der Waals surface area contributed by atoms with Crippen LogP contribution >= 0.6 is 0 Å². The molecule has 2 rings (SSSR count). The molecule has 0 amide bonds. The van der Waals surface area contributed by atoms with Crippen LogP contribution in [0.2, 0.25) is 0 Å². The van der Waals surface area contributed by atoms with Gasteiger partial charge in [-0.1, -0.05) is 0 Å². The molecule has 1 aliphatic carbocycles. The number of nitriles is 1. The van der Waals surface area contributed by atoms with Crippen LogP contribution in [0.25, 0.3) is 0 Å². The van der Waals surface area contributed by atoms with Gasteiger partial charge in [0.05, 0.1) is 16.7 Å². The standard InChI is InChI=1S/C14H18N4O2/c1-10-8-16-13(11(2)14(10)18(19)20)9-17(7-3-6-15)12-4-5-12/h8,12H,3-5,7,9H2,1-2H3. The average Bonchev–Trinajstić information content (AvgIpc) is 3.21. The van der Waals surface area contributed by atoms with Gasteiger partial charge in [-0.05, 0) is 26.7 Å². The minimum Gasteiger partial charge on any atom is -0.294 e. The molecule has 1 fully saturated rings. The minimum atomic E-state index is -0.341. The number of nitro groups is 1. The zero-order valence-corrected chi connectivity index (χ0v) is 11.8. The highest BCUT2D eigenvalue weighted by atomic mass is 16.6. The molecule has 0 spiro atoms. The Labute approximate surface area is 118 Å². The number of aromatic nitrogens is 1. The van der Waals surface area contributed by atoms with E-state index in [0.717, 1.165) is 18.5 Å². The van der Waals surface area contributed by atoms with E-state index in [2.05, 4.69) is 16.0 Å². The lowest BCUT2D eigenvalue weighted by Gasteiger charge is -2.21. The molecule has 1 heterocycles. The average molecular weight is 274 g/mol. The van der Waals surface area contributed by atoms with Gasteiger partial charge in [-0.2, -0.15) is 5.26 Å². The highest BCUT2D eigenvalue weighted by Crippen LogP contribution is 2.30. The lowest BCUT2D eigenvalue weighted by Crippen LogP contribution is -2.27. The van der Waals surface area contributed by atoms with Crippen LogP contribution in [-0.2, 0) is 6.54 Å². The first-order chi connectivity index (χ1) is 9.54. The topological polar surface area (TPSA) is 83.1 Å². The monoisotopic (exact) mass is 274 g/mol. The Morgan fingerprint density at radius 3 is 2.80 bits per heavy atom. The summed E-state index contributed by atoms with van der Waals surface area (Å²) >= 11 is 0. The van der Waals surface area contributed by atoms with Crippen molar-refractivity contribution in [1.29, 1.82) is 5.26 Å². The van der Waals surface area contributed by atoms with E-state index in [1.807, 2.05) is 0 Å². The number of aryl methyl sites for hydroxylation is 1. The summed E-state index contributed by atoms with van der Waals surface area (Å²) in [5, 5.41) is 19.8. The van der Waals surface area contributed by atoms with E-state index in [0.29, 0.717) is 36.7 Å². The van der Waals surface area contributed by atoms with Crippen molar-refractivity contribution < 1.29 is 4.92 Å². The number of nitrogens with zero attached hydrogens (tertiary/aromatic N) is 4. The molecule has 1 saturated carbocycles. The Bertz CT molecular complexity index is 561. The van der Waals surface area contributed by atoms with E-state index in [1.165, 1.54) is 0 Å². The second kappa shape index (κ2) is 5.97. The molecular weight excluding hydrogens is 256 g/mol. The molecule has 0 unspecified atom stereocenters. The van der Waals surface area contributed by atoms with E-state index < -0.39 is 0 Å². The minimum absolute atomic E-state index is 0.158. The van der Waals surface area contributed by atoms with Crippen molar-refractivity contribution in [1.82, 2.24) is 9.88 Å². The fraction of sp³-hybridized carbons (Fsp3) is 0.571. The van der Waals surface area contributed by atoms with Gasteiger partial charge in [0.1, 0.15) is 0 Å². The maximum Gasteiger partial charge on any atom is 0.278 e. The Morgan fingerprint density at radius 1 is 1.55 bits per heavy atom. The van der Waals surface area contributed by atoms with Crippen molar-refractivity contribution in [3.05, 3.63) is 33.1 Å². The van der Waals surface area contributed by atoms with Gasteiger partial charge < -0.3 is 0 Å².